The Balaban J connectivity index is 2.74. The molecule has 88 valence electrons. The lowest BCUT2D eigenvalue weighted by Crippen LogP contribution is -2.42. The smallest absolute Gasteiger partial charge is 0.288 e. The number of hydrogen-bond acceptors (Lipinski definition) is 2. The molecule has 2 nitrogen and oxygen atoms in total. The predicted molar refractivity (Wildman–Crippen MR) is 54.0 cm³/mol. The summed E-state index contributed by atoms with van der Waals surface area (Å²) in [6, 6.07) is 6.90. The van der Waals surface area contributed by atoms with Gasteiger partial charge in [-0.25, -0.2) is 4.84 Å². The molecule has 0 aliphatic rings. The van der Waals surface area contributed by atoms with Crippen molar-refractivity contribution in [3.63, 3.8) is 0 Å². The SMILES string of the molecule is O=C(C(Cc1ccccc1)NCl)C(F)(F)F. The van der Waals surface area contributed by atoms with E-state index in [0.717, 1.165) is 0 Å². The Morgan fingerprint density at radius 1 is 1.31 bits per heavy atom. The lowest BCUT2D eigenvalue weighted by molar-refractivity contribution is -0.172. The summed E-state index contributed by atoms with van der Waals surface area (Å²) < 4.78 is 36.4. The van der Waals surface area contributed by atoms with Crippen LogP contribution in [0.1, 0.15) is 5.56 Å². The van der Waals surface area contributed by atoms with Gasteiger partial charge in [0.25, 0.3) is 5.78 Å². The molecule has 1 unspecified atom stereocenters. The van der Waals surface area contributed by atoms with E-state index in [2.05, 4.69) is 0 Å². The van der Waals surface area contributed by atoms with E-state index in [1.807, 2.05) is 4.84 Å². The molecule has 1 atom stereocenters. The minimum absolute atomic E-state index is 0.0946. The highest BCUT2D eigenvalue weighted by Crippen LogP contribution is 2.20. The fourth-order valence-corrected chi connectivity index (χ4v) is 1.40. The third kappa shape index (κ3) is 3.50. The lowest BCUT2D eigenvalue weighted by atomic mass is 10.0. The van der Waals surface area contributed by atoms with Crippen molar-refractivity contribution in [1.29, 1.82) is 0 Å². The van der Waals surface area contributed by atoms with Crippen LogP contribution in [-0.2, 0) is 11.2 Å². The zero-order chi connectivity index (χ0) is 12.2. The van der Waals surface area contributed by atoms with Crippen molar-refractivity contribution in [3.05, 3.63) is 35.9 Å². The molecule has 0 spiro atoms. The van der Waals surface area contributed by atoms with Gasteiger partial charge in [0, 0.05) is 0 Å². The van der Waals surface area contributed by atoms with Crippen LogP contribution >= 0.6 is 11.8 Å². The Labute approximate surface area is 95.5 Å². The zero-order valence-corrected chi connectivity index (χ0v) is 8.85. The molecular weight excluding hydrogens is 243 g/mol. The van der Waals surface area contributed by atoms with E-state index in [0.29, 0.717) is 5.56 Å². The molecule has 0 bridgehead atoms. The van der Waals surface area contributed by atoms with Crippen LogP contribution < -0.4 is 4.84 Å². The van der Waals surface area contributed by atoms with Gasteiger partial charge >= 0.3 is 6.18 Å². The van der Waals surface area contributed by atoms with Crippen LogP contribution in [0.2, 0.25) is 0 Å². The summed E-state index contributed by atoms with van der Waals surface area (Å²) in [5.74, 6) is -1.87. The van der Waals surface area contributed by atoms with Crippen LogP contribution in [0.3, 0.4) is 0 Å². The standard InChI is InChI=1S/C10H9ClF3NO/c11-15-8(9(16)10(12,13)14)6-7-4-2-1-3-5-7/h1-5,8,15H,6H2. The second kappa shape index (κ2) is 5.32. The van der Waals surface area contributed by atoms with Crippen LogP contribution in [-0.4, -0.2) is 18.0 Å². The number of halogens is 4. The molecule has 0 saturated carbocycles. The molecule has 0 saturated heterocycles. The maximum absolute atomic E-state index is 12.1. The first-order valence-electron chi connectivity index (χ1n) is 4.46. The highest BCUT2D eigenvalue weighted by Gasteiger charge is 2.43. The number of Topliss-reactive ketones (excluding diaryl/α,β-unsaturated/α-hetero) is 1. The largest absolute Gasteiger partial charge is 0.451 e. The fraction of sp³-hybridized carbons (Fsp3) is 0.300. The number of carbonyl (C=O) groups excluding carboxylic acids is 1. The van der Waals surface area contributed by atoms with E-state index >= 15 is 0 Å². The van der Waals surface area contributed by atoms with Crippen LogP contribution in [0.15, 0.2) is 30.3 Å². The molecule has 0 aromatic heterocycles. The quantitative estimate of drug-likeness (QED) is 0.833. The average molecular weight is 252 g/mol. The number of benzene rings is 1. The third-order valence-electron chi connectivity index (χ3n) is 2.01. The van der Waals surface area contributed by atoms with Crippen molar-refractivity contribution in [2.24, 2.45) is 0 Å². The second-order valence-corrected chi connectivity index (χ2v) is 3.43. The van der Waals surface area contributed by atoms with Gasteiger partial charge in [-0.2, -0.15) is 13.2 Å². The van der Waals surface area contributed by atoms with Crippen LogP contribution in [0.4, 0.5) is 13.2 Å². The highest BCUT2D eigenvalue weighted by atomic mass is 35.5. The molecule has 0 fully saturated rings. The molecule has 1 N–H and O–H groups in total. The molecular formula is C10H9ClF3NO. The van der Waals surface area contributed by atoms with Crippen LogP contribution in [0, 0.1) is 0 Å². The summed E-state index contributed by atoms with van der Waals surface area (Å²) in [4.78, 5) is 12.8. The van der Waals surface area contributed by atoms with Gasteiger partial charge in [-0.15, -0.1) is 0 Å². The maximum atomic E-state index is 12.1. The number of ketones is 1. The fourth-order valence-electron chi connectivity index (χ4n) is 1.23. The molecule has 16 heavy (non-hydrogen) atoms. The zero-order valence-electron chi connectivity index (χ0n) is 8.09. The number of rotatable bonds is 4. The Hall–Kier alpha value is -1.07. The molecule has 0 radical (unpaired) electrons. The molecule has 1 aromatic rings. The number of carbonyl (C=O) groups is 1. The van der Waals surface area contributed by atoms with Crippen molar-refractivity contribution in [2.45, 2.75) is 18.6 Å². The number of nitrogens with one attached hydrogen (secondary N) is 1. The van der Waals surface area contributed by atoms with E-state index in [4.69, 9.17) is 11.8 Å². The summed E-state index contributed by atoms with van der Waals surface area (Å²) in [5.41, 5.74) is 0.609. The summed E-state index contributed by atoms with van der Waals surface area (Å²) in [6.07, 6.45) is -4.97. The van der Waals surface area contributed by atoms with E-state index in [9.17, 15) is 18.0 Å². The van der Waals surface area contributed by atoms with Gasteiger partial charge in [0.15, 0.2) is 0 Å². The molecule has 0 heterocycles. The van der Waals surface area contributed by atoms with Gasteiger partial charge in [-0.05, 0) is 23.8 Å². The van der Waals surface area contributed by atoms with Gasteiger partial charge in [-0.1, -0.05) is 30.3 Å². The predicted octanol–water partition coefficient (Wildman–Crippen LogP) is 2.47. The Morgan fingerprint density at radius 3 is 2.31 bits per heavy atom. The van der Waals surface area contributed by atoms with Crippen molar-refractivity contribution in [2.75, 3.05) is 0 Å². The monoisotopic (exact) mass is 251 g/mol. The van der Waals surface area contributed by atoms with Gasteiger partial charge in [0.05, 0.1) is 6.04 Å². The molecule has 0 aliphatic heterocycles. The number of alkyl halides is 3. The second-order valence-electron chi connectivity index (χ2n) is 3.21. The normalized spacial score (nSPS) is 13.5. The minimum Gasteiger partial charge on any atom is -0.288 e. The first kappa shape index (κ1) is 13.0. The summed E-state index contributed by atoms with van der Waals surface area (Å²) in [6.45, 7) is 0. The van der Waals surface area contributed by atoms with Crippen LogP contribution in [0.25, 0.3) is 0 Å². The van der Waals surface area contributed by atoms with E-state index < -0.39 is 18.0 Å². The first-order chi connectivity index (χ1) is 7.45. The molecule has 0 aliphatic carbocycles. The molecule has 0 amide bonds. The van der Waals surface area contributed by atoms with Gasteiger partial charge in [-0.3, -0.25) is 4.79 Å². The van der Waals surface area contributed by atoms with E-state index in [1.54, 1.807) is 30.3 Å². The van der Waals surface area contributed by atoms with E-state index in [-0.39, 0.29) is 6.42 Å². The van der Waals surface area contributed by atoms with E-state index in [1.165, 1.54) is 0 Å². The topological polar surface area (TPSA) is 29.1 Å². The average Bonchev–Trinajstić information content (AvgIpc) is 2.25. The number of hydrogen-bond donors (Lipinski definition) is 1. The van der Waals surface area contributed by atoms with Crippen molar-refractivity contribution < 1.29 is 18.0 Å². The molecule has 1 rings (SSSR count). The van der Waals surface area contributed by atoms with Gasteiger partial charge in [0.2, 0.25) is 0 Å². The Morgan fingerprint density at radius 2 is 1.88 bits per heavy atom. The highest BCUT2D eigenvalue weighted by molar-refractivity contribution is 6.15. The Bertz CT molecular complexity index is 353. The summed E-state index contributed by atoms with van der Waals surface area (Å²) in [7, 11) is 0. The maximum Gasteiger partial charge on any atom is 0.451 e. The summed E-state index contributed by atoms with van der Waals surface area (Å²) in [5, 5.41) is 0. The molecule has 6 heteroatoms. The third-order valence-corrected chi connectivity index (χ3v) is 2.27. The van der Waals surface area contributed by atoms with Gasteiger partial charge in [0.1, 0.15) is 0 Å². The van der Waals surface area contributed by atoms with Crippen molar-refractivity contribution in [1.82, 2.24) is 4.84 Å². The van der Waals surface area contributed by atoms with Gasteiger partial charge < -0.3 is 0 Å². The minimum atomic E-state index is -4.87. The van der Waals surface area contributed by atoms with Crippen molar-refractivity contribution >= 4 is 17.6 Å². The Kier molecular flexibility index (Phi) is 4.32. The summed E-state index contributed by atoms with van der Waals surface area (Å²) >= 11 is 5.15. The van der Waals surface area contributed by atoms with Crippen molar-refractivity contribution in [3.8, 4) is 0 Å². The van der Waals surface area contributed by atoms with Crippen LogP contribution in [0.5, 0.6) is 0 Å². The first-order valence-corrected chi connectivity index (χ1v) is 4.84. The lowest BCUT2D eigenvalue weighted by Gasteiger charge is -2.15. The molecule has 1 aromatic carbocycles.